The van der Waals surface area contributed by atoms with Crippen LogP contribution in [-0.2, 0) is 16.6 Å². The number of ether oxygens (including phenoxy) is 1. The van der Waals surface area contributed by atoms with Crippen LogP contribution in [0.4, 0.5) is 0 Å². The Labute approximate surface area is 173 Å². The summed E-state index contributed by atoms with van der Waals surface area (Å²) in [5.41, 5.74) is 2.22. The molecule has 29 heavy (non-hydrogen) atoms. The number of nitrogens with zero attached hydrogens (tertiary/aromatic N) is 1. The molecule has 3 aromatic rings. The van der Waals surface area contributed by atoms with Crippen LogP contribution >= 0.6 is 11.3 Å². The van der Waals surface area contributed by atoms with Gasteiger partial charge in [-0.15, -0.1) is 11.3 Å². The Morgan fingerprint density at radius 3 is 2.45 bits per heavy atom. The standard InChI is InChI=1S/C20H21N3O4S2/c1-13-3-7-16(8-4-13)27-11-19-23-18(12-28-19)20(24)22-14(2)15-5-9-17(10-6-15)29(21,25)26/h3-10,12,14H,11H2,1-2H3,(H,22,24)(H2,21,25,26). The lowest BCUT2D eigenvalue weighted by Gasteiger charge is -2.13. The van der Waals surface area contributed by atoms with Crippen molar-refractivity contribution in [2.24, 2.45) is 5.14 Å². The summed E-state index contributed by atoms with van der Waals surface area (Å²) in [5, 5.41) is 10.3. The fraction of sp³-hybridized carbons (Fsp3) is 0.200. The Hall–Kier alpha value is -2.75. The summed E-state index contributed by atoms with van der Waals surface area (Å²) in [4.78, 5) is 16.8. The first-order valence-corrected chi connectivity index (χ1v) is 11.2. The third kappa shape index (κ3) is 5.63. The maximum Gasteiger partial charge on any atom is 0.271 e. The average molecular weight is 432 g/mol. The molecule has 0 aliphatic carbocycles. The zero-order valence-corrected chi connectivity index (χ0v) is 17.6. The molecular formula is C20H21N3O4S2. The minimum atomic E-state index is -3.74. The molecule has 7 nitrogen and oxygen atoms in total. The summed E-state index contributed by atoms with van der Waals surface area (Å²) in [7, 11) is -3.74. The van der Waals surface area contributed by atoms with E-state index >= 15 is 0 Å². The molecule has 0 aliphatic rings. The lowest BCUT2D eigenvalue weighted by Crippen LogP contribution is -2.27. The molecule has 0 fully saturated rings. The van der Waals surface area contributed by atoms with Crippen LogP contribution in [-0.4, -0.2) is 19.3 Å². The highest BCUT2D eigenvalue weighted by atomic mass is 32.2. The van der Waals surface area contributed by atoms with Gasteiger partial charge in [0.25, 0.3) is 5.91 Å². The first kappa shape index (κ1) is 21.0. The number of carbonyl (C=O) groups excluding carboxylic acids is 1. The predicted octanol–water partition coefficient (Wildman–Crippen LogP) is 3.17. The minimum Gasteiger partial charge on any atom is -0.486 e. The second kappa shape index (κ2) is 8.73. The second-order valence-electron chi connectivity index (χ2n) is 6.54. The summed E-state index contributed by atoms with van der Waals surface area (Å²) in [5.74, 6) is 0.430. The Morgan fingerprint density at radius 2 is 1.83 bits per heavy atom. The van der Waals surface area contributed by atoms with Crippen molar-refractivity contribution >= 4 is 27.3 Å². The highest BCUT2D eigenvalue weighted by Gasteiger charge is 2.16. The number of benzene rings is 2. The lowest BCUT2D eigenvalue weighted by molar-refractivity contribution is 0.0935. The van der Waals surface area contributed by atoms with Crippen molar-refractivity contribution in [3.05, 3.63) is 75.7 Å². The van der Waals surface area contributed by atoms with Gasteiger partial charge in [-0.1, -0.05) is 29.8 Å². The molecule has 3 N–H and O–H groups in total. The summed E-state index contributed by atoms with van der Waals surface area (Å²) < 4.78 is 28.3. The highest BCUT2D eigenvalue weighted by Crippen LogP contribution is 2.18. The van der Waals surface area contributed by atoms with Crippen LogP contribution in [0.5, 0.6) is 5.75 Å². The van der Waals surface area contributed by atoms with E-state index in [0.29, 0.717) is 10.7 Å². The molecule has 0 radical (unpaired) electrons. The number of sulfonamides is 1. The lowest BCUT2D eigenvalue weighted by atomic mass is 10.1. The monoisotopic (exact) mass is 431 g/mol. The number of nitrogens with two attached hydrogens (primary N) is 1. The van der Waals surface area contributed by atoms with Gasteiger partial charge in [-0.25, -0.2) is 18.5 Å². The predicted molar refractivity (Wildman–Crippen MR) is 111 cm³/mol. The van der Waals surface area contributed by atoms with E-state index in [1.165, 1.54) is 23.5 Å². The number of thiazole rings is 1. The fourth-order valence-corrected chi connectivity index (χ4v) is 3.76. The van der Waals surface area contributed by atoms with E-state index in [1.807, 2.05) is 31.2 Å². The van der Waals surface area contributed by atoms with Crippen molar-refractivity contribution in [3.63, 3.8) is 0 Å². The largest absolute Gasteiger partial charge is 0.486 e. The van der Waals surface area contributed by atoms with Crippen LogP contribution in [0, 0.1) is 6.92 Å². The van der Waals surface area contributed by atoms with E-state index in [2.05, 4.69) is 10.3 Å². The molecule has 0 bridgehead atoms. The average Bonchev–Trinajstić information content (AvgIpc) is 3.16. The van der Waals surface area contributed by atoms with Gasteiger partial charge in [-0.05, 0) is 43.7 Å². The van der Waals surface area contributed by atoms with E-state index in [9.17, 15) is 13.2 Å². The fourth-order valence-electron chi connectivity index (χ4n) is 2.56. The first-order valence-electron chi connectivity index (χ1n) is 8.80. The molecule has 1 amide bonds. The van der Waals surface area contributed by atoms with Crippen molar-refractivity contribution in [2.75, 3.05) is 0 Å². The van der Waals surface area contributed by atoms with E-state index in [1.54, 1.807) is 24.4 Å². The quantitative estimate of drug-likeness (QED) is 0.597. The molecule has 0 saturated heterocycles. The molecule has 3 rings (SSSR count). The van der Waals surface area contributed by atoms with Crippen LogP contribution in [0.2, 0.25) is 0 Å². The summed E-state index contributed by atoms with van der Waals surface area (Å²) in [6.45, 7) is 4.09. The second-order valence-corrected chi connectivity index (χ2v) is 9.04. The molecule has 0 aliphatic heterocycles. The van der Waals surface area contributed by atoms with Crippen molar-refractivity contribution in [1.82, 2.24) is 10.3 Å². The van der Waals surface area contributed by atoms with Crippen LogP contribution in [0.1, 0.15) is 39.6 Å². The smallest absolute Gasteiger partial charge is 0.271 e. The third-order valence-electron chi connectivity index (χ3n) is 4.22. The molecule has 0 spiro atoms. The molecule has 1 atom stereocenters. The molecule has 152 valence electrons. The van der Waals surface area contributed by atoms with Gasteiger partial charge in [0.05, 0.1) is 10.9 Å². The van der Waals surface area contributed by atoms with E-state index in [4.69, 9.17) is 9.88 Å². The maximum atomic E-state index is 12.5. The Bertz CT molecular complexity index is 1090. The van der Waals surface area contributed by atoms with Gasteiger partial charge >= 0.3 is 0 Å². The van der Waals surface area contributed by atoms with Crippen molar-refractivity contribution in [3.8, 4) is 5.75 Å². The minimum absolute atomic E-state index is 0.0255. The highest BCUT2D eigenvalue weighted by molar-refractivity contribution is 7.89. The number of rotatable bonds is 7. The van der Waals surface area contributed by atoms with Gasteiger partial charge in [0.15, 0.2) is 0 Å². The van der Waals surface area contributed by atoms with Gasteiger partial charge in [-0.3, -0.25) is 4.79 Å². The molecular weight excluding hydrogens is 410 g/mol. The van der Waals surface area contributed by atoms with E-state index in [0.717, 1.165) is 16.9 Å². The Kier molecular flexibility index (Phi) is 6.31. The number of primary sulfonamides is 1. The zero-order valence-electron chi connectivity index (χ0n) is 16.0. The normalized spacial score (nSPS) is 12.4. The van der Waals surface area contributed by atoms with Crippen LogP contribution in [0.25, 0.3) is 0 Å². The number of nitrogens with one attached hydrogen (secondary N) is 1. The SMILES string of the molecule is Cc1ccc(OCc2nc(C(=O)NC(C)c3ccc(S(N)(=O)=O)cc3)cs2)cc1. The topological polar surface area (TPSA) is 111 Å². The Balaban J connectivity index is 1.58. The molecule has 0 saturated carbocycles. The van der Waals surface area contributed by atoms with Gasteiger partial charge in [-0.2, -0.15) is 0 Å². The van der Waals surface area contributed by atoms with Crippen molar-refractivity contribution < 1.29 is 17.9 Å². The Morgan fingerprint density at radius 1 is 1.17 bits per heavy atom. The summed E-state index contributed by atoms with van der Waals surface area (Å²) >= 11 is 1.35. The van der Waals surface area contributed by atoms with Crippen molar-refractivity contribution in [2.45, 2.75) is 31.4 Å². The van der Waals surface area contributed by atoms with Crippen LogP contribution in [0.3, 0.4) is 0 Å². The van der Waals surface area contributed by atoms with Gasteiger partial charge < -0.3 is 10.1 Å². The molecule has 2 aromatic carbocycles. The number of amides is 1. The number of hydrogen-bond donors (Lipinski definition) is 2. The maximum absolute atomic E-state index is 12.5. The number of carbonyl (C=O) groups is 1. The number of aromatic nitrogens is 1. The summed E-state index contributed by atoms with van der Waals surface area (Å²) in [6, 6.07) is 13.4. The first-order chi connectivity index (χ1) is 13.7. The number of hydrogen-bond acceptors (Lipinski definition) is 6. The third-order valence-corrected chi connectivity index (χ3v) is 5.98. The molecule has 1 unspecified atom stereocenters. The molecule has 9 heteroatoms. The van der Waals surface area contributed by atoms with Gasteiger partial charge in [0, 0.05) is 5.38 Å². The van der Waals surface area contributed by atoms with Gasteiger partial charge in [0.1, 0.15) is 23.1 Å². The van der Waals surface area contributed by atoms with Crippen molar-refractivity contribution in [1.29, 1.82) is 0 Å². The van der Waals surface area contributed by atoms with Crippen LogP contribution in [0.15, 0.2) is 58.8 Å². The van der Waals surface area contributed by atoms with E-state index in [-0.39, 0.29) is 23.5 Å². The van der Waals surface area contributed by atoms with Gasteiger partial charge in [0.2, 0.25) is 10.0 Å². The molecule has 1 heterocycles. The molecule has 1 aromatic heterocycles. The van der Waals surface area contributed by atoms with E-state index < -0.39 is 10.0 Å². The summed E-state index contributed by atoms with van der Waals surface area (Å²) in [6.07, 6.45) is 0. The van der Waals surface area contributed by atoms with Crippen LogP contribution < -0.4 is 15.2 Å². The number of aryl methyl sites for hydroxylation is 1. The zero-order chi connectivity index (χ0) is 21.0.